The van der Waals surface area contributed by atoms with E-state index >= 15 is 0 Å². The lowest BCUT2D eigenvalue weighted by molar-refractivity contribution is -0.134. The SMILES string of the molecule is C#CCN(CC(=O)N1CCN(S(=O)(=O)c2ccc3c(c2)OCCO3)CC1)C1CCCCC1. The summed E-state index contributed by atoms with van der Waals surface area (Å²) < 4.78 is 38.7. The van der Waals surface area contributed by atoms with Gasteiger partial charge in [0.25, 0.3) is 0 Å². The molecule has 1 amide bonds. The molecule has 4 rings (SSSR count). The van der Waals surface area contributed by atoms with Crippen LogP contribution in [0.5, 0.6) is 11.5 Å². The third-order valence-electron chi connectivity index (χ3n) is 6.47. The van der Waals surface area contributed by atoms with Gasteiger partial charge < -0.3 is 14.4 Å². The zero-order valence-electron chi connectivity index (χ0n) is 18.4. The molecule has 0 aromatic heterocycles. The van der Waals surface area contributed by atoms with Gasteiger partial charge >= 0.3 is 0 Å². The number of rotatable bonds is 6. The number of amides is 1. The standard InChI is InChI=1S/C23H31N3O5S/c1-2-10-25(19-6-4-3-5-7-19)18-23(27)24-11-13-26(14-12-24)32(28,29)20-8-9-21-22(17-20)31-16-15-30-21/h1,8-9,17,19H,3-7,10-16,18H2. The van der Waals surface area contributed by atoms with E-state index < -0.39 is 10.0 Å². The van der Waals surface area contributed by atoms with E-state index in [1.165, 1.54) is 29.6 Å². The fraction of sp³-hybridized carbons (Fsp3) is 0.609. The average Bonchev–Trinajstić information content (AvgIpc) is 2.84. The Kier molecular flexibility index (Phi) is 7.23. The van der Waals surface area contributed by atoms with Gasteiger partial charge in [0.05, 0.1) is 18.0 Å². The van der Waals surface area contributed by atoms with Crippen molar-refractivity contribution in [2.24, 2.45) is 0 Å². The Bertz CT molecular complexity index is 960. The number of carbonyl (C=O) groups excluding carboxylic acids is 1. The number of hydrogen-bond donors (Lipinski definition) is 0. The van der Waals surface area contributed by atoms with Crippen LogP contribution in [0.1, 0.15) is 32.1 Å². The van der Waals surface area contributed by atoms with Crippen molar-refractivity contribution in [1.29, 1.82) is 0 Å². The smallest absolute Gasteiger partial charge is 0.243 e. The van der Waals surface area contributed by atoms with Crippen molar-refractivity contribution in [2.45, 2.75) is 43.0 Å². The highest BCUT2D eigenvalue weighted by molar-refractivity contribution is 7.89. The normalized spacial score (nSPS) is 20.2. The van der Waals surface area contributed by atoms with E-state index in [2.05, 4.69) is 10.8 Å². The van der Waals surface area contributed by atoms with Crippen LogP contribution in [0.25, 0.3) is 0 Å². The van der Waals surface area contributed by atoms with Crippen LogP contribution < -0.4 is 9.47 Å². The molecule has 1 aromatic rings. The molecule has 0 N–H and O–H groups in total. The van der Waals surface area contributed by atoms with Crippen LogP contribution in [0.3, 0.4) is 0 Å². The molecular weight excluding hydrogens is 430 g/mol. The third-order valence-corrected chi connectivity index (χ3v) is 8.36. The molecule has 0 bridgehead atoms. The lowest BCUT2D eigenvalue weighted by atomic mass is 9.94. The van der Waals surface area contributed by atoms with Crippen LogP contribution >= 0.6 is 0 Å². The van der Waals surface area contributed by atoms with E-state index in [0.29, 0.717) is 56.9 Å². The topological polar surface area (TPSA) is 79.4 Å². The second kappa shape index (κ2) is 10.1. The summed E-state index contributed by atoms with van der Waals surface area (Å²) in [5.41, 5.74) is 0. The number of fused-ring (bicyclic) bond motifs is 1. The number of nitrogens with zero attached hydrogens (tertiary/aromatic N) is 3. The number of sulfonamides is 1. The van der Waals surface area contributed by atoms with E-state index in [9.17, 15) is 13.2 Å². The maximum atomic E-state index is 13.1. The highest BCUT2D eigenvalue weighted by atomic mass is 32.2. The summed E-state index contributed by atoms with van der Waals surface area (Å²) in [6.45, 7) is 2.89. The fourth-order valence-corrected chi connectivity index (χ4v) is 6.10. The van der Waals surface area contributed by atoms with Gasteiger partial charge in [-0.1, -0.05) is 25.2 Å². The van der Waals surface area contributed by atoms with Crippen molar-refractivity contribution in [2.75, 3.05) is 52.5 Å². The number of benzene rings is 1. The maximum absolute atomic E-state index is 13.1. The van der Waals surface area contributed by atoms with Gasteiger partial charge in [-0.25, -0.2) is 8.42 Å². The number of carbonyl (C=O) groups is 1. The molecule has 1 saturated heterocycles. The molecule has 1 saturated carbocycles. The first-order valence-corrected chi connectivity index (χ1v) is 12.8. The molecule has 1 aliphatic carbocycles. The molecule has 2 aliphatic heterocycles. The first-order valence-electron chi connectivity index (χ1n) is 11.3. The van der Waals surface area contributed by atoms with Crippen LogP contribution in [0, 0.1) is 12.3 Å². The Morgan fingerprint density at radius 2 is 1.75 bits per heavy atom. The van der Waals surface area contributed by atoms with E-state index in [1.54, 1.807) is 17.0 Å². The maximum Gasteiger partial charge on any atom is 0.243 e. The van der Waals surface area contributed by atoms with E-state index in [4.69, 9.17) is 15.9 Å². The van der Waals surface area contributed by atoms with Crippen LogP contribution in [-0.4, -0.2) is 87.0 Å². The van der Waals surface area contributed by atoms with Crippen molar-refractivity contribution in [1.82, 2.24) is 14.1 Å². The number of hydrogen-bond acceptors (Lipinski definition) is 6. The number of ether oxygens (including phenoxy) is 2. The van der Waals surface area contributed by atoms with Crippen LogP contribution in [0.4, 0.5) is 0 Å². The molecule has 0 spiro atoms. The summed E-state index contributed by atoms with van der Waals surface area (Å²) in [6.07, 6.45) is 11.3. The van der Waals surface area contributed by atoms with Gasteiger partial charge in [0, 0.05) is 38.3 Å². The summed E-state index contributed by atoms with van der Waals surface area (Å²) in [4.78, 5) is 17.0. The van der Waals surface area contributed by atoms with Gasteiger partial charge in [-0.3, -0.25) is 9.69 Å². The molecule has 3 aliphatic rings. The Hall–Kier alpha value is -2.28. The van der Waals surface area contributed by atoms with E-state index in [-0.39, 0.29) is 23.9 Å². The van der Waals surface area contributed by atoms with Gasteiger partial charge in [-0.05, 0) is 25.0 Å². The van der Waals surface area contributed by atoms with Crippen molar-refractivity contribution in [3.8, 4) is 23.8 Å². The monoisotopic (exact) mass is 461 g/mol. The average molecular weight is 462 g/mol. The van der Waals surface area contributed by atoms with Crippen LogP contribution in [0.15, 0.2) is 23.1 Å². The molecule has 8 nitrogen and oxygen atoms in total. The first-order chi connectivity index (χ1) is 15.5. The Morgan fingerprint density at radius 3 is 2.44 bits per heavy atom. The second-order valence-electron chi connectivity index (χ2n) is 8.49. The summed E-state index contributed by atoms with van der Waals surface area (Å²) >= 11 is 0. The van der Waals surface area contributed by atoms with Crippen LogP contribution in [-0.2, 0) is 14.8 Å². The highest BCUT2D eigenvalue weighted by Gasteiger charge is 2.32. The molecule has 1 aromatic carbocycles. The van der Waals surface area contributed by atoms with Gasteiger partial charge in [0.2, 0.25) is 15.9 Å². The van der Waals surface area contributed by atoms with E-state index in [1.807, 2.05) is 0 Å². The minimum atomic E-state index is -3.67. The molecule has 0 unspecified atom stereocenters. The zero-order valence-corrected chi connectivity index (χ0v) is 19.2. The number of terminal acetylenes is 1. The molecule has 2 heterocycles. The lowest BCUT2D eigenvalue weighted by Gasteiger charge is -2.37. The van der Waals surface area contributed by atoms with Crippen molar-refractivity contribution in [3.05, 3.63) is 18.2 Å². The molecule has 32 heavy (non-hydrogen) atoms. The molecule has 0 atom stereocenters. The second-order valence-corrected chi connectivity index (χ2v) is 10.4. The Labute approximate surface area is 190 Å². The van der Waals surface area contributed by atoms with Crippen molar-refractivity contribution in [3.63, 3.8) is 0 Å². The van der Waals surface area contributed by atoms with Crippen molar-refractivity contribution < 1.29 is 22.7 Å². The molecule has 0 radical (unpaired) electrons. The molecule has 2 fully saturated rings. The largest absolute Gasteiger partial charge is 0.486 e. The Balaban J connectivity index is 1.35. The predicted molar refractivity (Wildman–Crippen MR) is 120 cm³/mol. The molecule has 9 heteroatoms. The summed E-state index contributed by atoms with van der Waals surface area (Å²) in [7, 11) is -3.67. The van der Waals surface area contributed by atoms with Gasteiger partial charge in [0.1, 0.15) is 13.2 Å². The quantitative estimate of drug-likeness (QED) is 0.599. The highest BCUT2D eigenvalue weighted by Crippen LogP contribution is 2.33. The lowest BCUT2D eigenvalue weighted by Crippen LogP contribution is -2.53. The predicted octanol–water partition coefficient (Wildman–Crippen LogP) is 1.56. The minimum absolute atomic E-state index is 0.0159. The summed E-state index contributed by atoms with van der Waals surface area (Å²) in [5, 5.41) is 0. The van der Waals surface area contributed by atoms with Gasteiger partial charge in [-0.2, -0.15) is 4.31 Å². The Morgan fingerprint density at radius 1 is 1.06 bits per heavy atom. The fourth-order valence-electron chi connectivity index (χ4n) is 4.66. The van der Waals surface area contributed by atoms with Crippen LogP contribution in [0.2, 0.25) is 0 Å². The molecular formula is C23H31N3O5S. The number of piperazine rings is 1. The van der Waals surface area contributed by atoms with Crippen molar-refractivity contribution >= 4 is 15.9 Å². The van der Waals surface area contributed by atoms with Gasteiger partial charge in [0.15, 0.2) is 11.5 Å². The first kappa shape index (κ1) is 22.9. The van der Waals surface area contributed by atoms with Gasteiger partial charge in [-0.15, -0.1) is 6.42 Å². The summed E-state index contributed by atoms with van der Waals surface area (Å²) in [5.74, 6) is 3.71. The molecule has 174 valence electrons. The third kappa shape index (κ3) is 5.03. The minimum Gasteiger partial charge on any atom is -0.486 e. The summed E-state index contributed by atoms with van der Waals surface area (Å²) in [6, 6.07) is 5.05. The zero-order chi connectivity index (χ0) is 22.6. The van der Waals surface area contributed by atoms with E-state index in [0.717, 1.165) is 12.8 Å².